The summed E-state index contributed by atoms with van der Waals surface area (Å²) in [7, 11) is 1.43. The number of rotatable bonds is 3. The molecule has 0 aliphatic carbocycles. The fourth-order valence-corrected chi connectivity index (χ4v) is 2.90. The molecule has 0 atom stereocenters. The first-order chi connectivity index (χ1) is 8.60. The second-order valence-electron chi connectivity index (χ2n) is 4.48. The van der Waals surface area contributed by atoms with Crippen molar-refractivity contribution >= 4 is 22.4 Å². The van der Waals surface area contributed by atoms with Crippen molar-refractivity contribution in [2.24, 2.45) is 0 Å². The molecule has 1 aromatic heterocycles. The first-order valence-electron chi connectivity index (χ1n) is 6.08. The Kier molecular flexibility index (Phi) is 4.19. The van der Waals surface area contributed by atoms with E-state index in [4.69, 9.17) is 0 Å². The highest BCUT2D eigenvalue weighted by atomic mass is 32.1. The molecule has 0 radical (unpaired) electrons. The molecule has 0 aromatic carbocycles. The van der Waals surface area contributed by atoms with E-state index in [1.54, 1.807) is 11.3 Å². The van der Waals surface area contributed by atoms with Crippen molar-refractivity contribution in [3.05, 3.63) is 10.6 Å². The molecule has 0 spiro atoms. The highest BCUT2D eigenvalue weighted by Gasteiger charge is 2.21. The van der Waals surface area contributed by atoms with E-state index in [2.05, 4.69) is 26.4 Å². The number of carbonyl (C=O) groups excluding carboxylic acids is 1. The first-order valence-corrected chi connectivity index (χ1v) is 6.90. The molecule has 1 aliphatic rings. The predicted molar refractivity (Wildman–Crippen MR) is 72.3 cm³/mol. The van der Waals surface area contributed by atoms with Gasteiger partial charge in [0.1, 0.15) is 0 Å². The minimum absolute atomic E-state index is 0.163. The maximum atomic E-state index is 11.2. The zero-order valence-electron chi connectivity index (χ0n) is 11.1. The van der Waals surface area contributed by atoms with Gasteiger partial charge < -0.3 is 9.64 Å². The molecule has 0 amide bonds. The smallest absolute Gasteiger partial charge is 0.319 e. The van der Waals surface area contributed by atoms with Gasteiger partial charge in [-0.2, -0.15) is 0 Å². The van der Waals surface area contributed by atoms with Gasteiger partial charge in [-0.3, -0.25) is 9.69 Å². The van der Waals surface area contributed by atoms with Crippen LogP contribution >= 0.6 is 11.3 Å². The molecule has 0 unspecified atom stereocenters. The maximum absolute atomic E-state index is 11.2. The number of ether oxygens (including phenoxy) is 1. The number of thiazole rings is 1. The van der Waals surface area contributed by atoms with Crippen LogP contribution in [0.3, 0.4) is 0 Å². The first kappa shape index (κ1) is 13.3. The van der Waals surface area contributed by atoms with Gasteiger partial charge in [0.05, 0.1) is 19.3 Å². The van der Waals surface area contributed by atoms with E-state index < -0.39 is 0 Å². The quantitative estimate of drug-likeness (QED) is 0.768. The standard InChI is InChI=1S/C12H19N3O2S/c1-9-10(2)18-12(13-9)15-6-4-14(5-7-15)8-11(16)17-3/h4-8H2,1-3H3. The molecule has 6 heteroatoms. The number of aryl methyl sites for hydroxylation is 2. The van der Waals surface area contributed by atoms with Gasteiger partial charge in [0.15, 0.2) is 5.13 Å². The molecule has 1 aromatic rings. The van der Waals surface area contributed by atoms with Gasteiger partial charge in [-0.25, -0.2) is 4.98 Å². The fraction of sp³-hybridized carbons (Fsp3) is 0.667. The van der Waals surface area contributed by atoms with E-state index in [-0.39, 0.29) is 5.97 Å². The van der Waals surface area contributed by atoms with Gasteiger partial charge in [0, 0.05) is 31.1 Å². The molecule has 100 valence electrons. The van der Waals surface area contributed by atoms with Gasteiger partial charge in [0.2, 0.25) is 0 Å². The van der Waals surface area contributed by atoms with Crippen LogP contribution in [-0.4, -0.2) is 55.7 Å². The Bertz CT molecular complexity index is 405. The zero-order chi connectivity index (χ0) is 13.1. The largest absolute Gasteiger partial charge is 0.468 e. The van der Waals surface area contributed by atoms with Crippen LogP contribution in [0.2, 0.25) is 0 Å². The minimum atomic E-state index is -0.163. The van der Waals surface area contributed by atoms with Gasteiger partial charge in [-0.05, 0) is 13.8 Å². The van der Waals surface area contributed by atoms with Gasteiger partial charge in [-0.1, -0.05) is 0 Å². The van der Waals surface area contributed by atoms with Crippen LogP contribution in [0.4, 0.5) is 5.13 Å². The Morgan fingerprint density at radius 1 is 1.33 bits per heavy atom. The molecule has 0 saturated carbocycles. The highest BCUT2D eigenvalue weighted by molar-refractivity contribution is 7.15. The lowest BCUT2D eigenvalue weighted by Crippen LogP contribution is -2.48. The maximum Gasteiger partial charge on any atom is 0.319 e. The number of hydrogen-bond donors (Lipinski definition) is 0. The average molecular weight is 269 g/mol. The van der Waals surface area contributed by atoms with E-state index in [9.17, 15) is 4.79 Å². The number of esters is 1. The summed E-state index contributed by atoms with van der Waals surface area (Å²) in [4.78, 5) is 21.5. The van der Waals surface area contributed by atoms with Crippen molar-refractivity contribution in [2.45, 2.75) is 13.8 Å². The van der Waals surface area contributed by atoms with E-state index in [0.717, 1.165) is 37.0 Å². The molecule has 0 N–H and O–H groups in total. The highest BCUT2D eigenvalue weighted by Crippen LogP contribution is 2.25. The van der Waals surface area contributed by atoms with E-state index in [1.807, 2.05) is 6.92 Å². The van der Waals surface area contributed by atoms with Crippen molar-refractivity contribution in [1.29, 1.82) is 0 Å². The summed E-state index contributed by atoms with van der Waals surface area (Å²) >= 11 is 1.75. The van der Waals surface area contributed by atoms with E-state index in [0.29, 0.717) is 6.54 Å². The Labute approximate surface area is 111 Å². The van der Waals surface area contributed by atoms with Gasteiger partial charge in [-0.15, -0.1) is 11.3 Å². The SMILES string of the molecule is COC(=O)CN1CCN(c2nc(C)c(C)s2)CC1. The molecule has 1 saturated heterocycles. The summed E-state index contributed by atoms with van der Waals surface area (Å²) in [6.07, 6.45) is 0. The lowest BCUT2D eigenvalue weighted by atomic mass is 10.3. The van der Waals surface area contributed by atoms with E-state index in [1.165, 1.54) is 12.0 Å². The number of nitrogens with zero attached hydrogens (tertiary/aromatic N) is 3. The lowest BCUT2D eigenvalue weighted by molar-refractivity contribution is -0.142. The summed E-state index contributed by atoms with van der Waals surface area (Å²) in [6, 6.07) is 0. The zero-order valence-corrected chi connectivity index (χ0v) is 11.9. The Balaban J connectivity index is 1.88. The molecule has 2 rings (SSSR count). The number of methoxy groups -OCH3 is 1. The second kappa shape index (κ2) is 5.67. The molecular weight excluding hydrogens is 250 g/mol. The molecule has 1 aliphatic heterocycles. The Morgan fingerprint density at radius 3 is 2.50 bits per heavy atom. The lowest BCUT2D eigenvalue weighted by Gasteiger charge is -2.33. The molecule has 18 heavy (non-hydrogen) atoms. The average Bonchev–Trinajstić information content (AvgIpc) is 2.70. The van der Waals surface area contributed by atoms with Crippen LogP contribution in [-0.2, 0) is 9.53 Å². The summed E-state index contributed by atoms with van der Waals surface area (Å²) < 4.78 is 4.68. The third-order valence-electron chi connectivity index (χ3n) is 3.24. The molecule has 2 heterocycles. The Morgan fingerprint density at radius 2 is 2.00 bits per heavy atom. The molecule has 1 fully saturated rings. The number of anilines is 1. The van der Waals surface area contributed by atoms with Crippen molar-refractivity contribution in [3.63, 3.8) is 0 Å². The van der Waals surface area contributed by atoms with Crippen molar-refractivity contribution in [1.82, 2.24) is 9.88 Å². The van der Waals surface area contributed by atoms with Gasteiger partial charge in [0.25, 0.3) is 0 Å². The topological polar surface area (TPSA) is 45.7 Å². The summed E-state index contributed by atoms with van der Waals surface area (Å²) in [5.41, 5.74) is 1.12. The molecule has 5 nitrogen and oxygen atoms in total. The summed E-state index contributed by atoms with van der Waals surface area (Å²) in [5.74, 6) is -0.163. The van der Waals surface area contributed by atoms with Crippen LogP contribution in [0, 0.1) is 13.8 Å². The number of carbonyl (C=O) groups is 1. The van der Waals surface area contributed by atoms with Crippen LogP contribution < -0.4 is 4.90 Å². The van der Waals surface area contributed by atoms with Crippen LogP contribution in [0.5, 0.6) is 0 Å². The number of aromatic nitrogens is 1. The van der Waals surface area contributed by atoms with Crippen molar-refractivity contribution < 1.29 is 9.53 Å². The fourth-order valence-electron chi connectivity index (χ4n) is 1.94. The monoisotopic (exact) mass is 269 g/mol. The molecular formula is C12H19N3O2S. The van der Waals surface area contributed by atoms with Gasteiger partial charge >= 0.3 is 5.97 Å². The van der Waals surface area contributed by atoms with Crippen LogP contribution in [0.1, 0.15) is 10.6 Å². The summed E-state index contributed by atoms with van der Waals surface area (Å²) in [5, 5.41) is 1.10. The molecule has 0 bridgehead atoms. The third-order valence-corrected chi connectivity index (χ3v) is 4.37. The number of hydrogen-bond acceptors (Lipinski definition) is 6. The van der Waals surface area contributed by atoms with Crippen molar-refractivity contribution in [2.75, 3.05) is 44.7 Å². The number of piperazine rings is 1. The van der Waals surface area contributed by atoms with Crippen LogP contribution in [0.25, 0.3) is 0 Å². The van der Waals surface area contributed by atoms with Crippen LogP contribution in [0.15, 0.2) is 0 Å². The van der Waals surface area contributed by atoms with E-state index >= 15 is 0 Å². The third kappa shape index (κ3) is 3.00. The normalized spacial score (nSPS) is 16.9. The summed E-state index contributed by atoms with van der Waals surface area (Å²) in [6.45, 7) is 8.14. The minimum Gasteiger partial charge on any atom is -0.468 e. The van der Waals surface area contributed by atoms with Crippen molar-refractivity contribution in [3.8, 4) is 0 Å². The predicted octanol–water partition coefficient (Wildman–Crippen LogP) is 1.05. The second-order valence-corrected chi connectivity index (χ2v) is 5.66. The Hall–Kier alpha value is -1.14.